The van der Waals surface area contributed by atoms with Crippen molar-refractivity contribution in [3.63, 3.8) is 0 Å². The predicted molar refractivity (Wildman–Crippen MR) is 70.1 cm³/mol. The molecule has 0 fully saturated rings. The van der Waals surface area contributed by atoms with E-state index in [-0.39, 0.29) is 6.03 Å². The van der Waals surface area contributed by atoms with E-state index in [4.69, 9.17) is 4.42 Å². The van der Waals surface area contributed by atoms with Gasteiger partial charge >= 0.3 is 6.03 Å². The Morgan fingerprint density at radius 3 is 2.82 bits per heavy atom. The van der Waals surface area contributed by atoms with E-state index in [1.807, 2.05) is 19.2 Å². The second-order valence-corrected chi connectivity index (χ2v) is 4.56. The van der Waals surface area contributed by atoms with Crippen LogP contribution in [-0.2, 0) is 12.3 Å². The van der Waals surface area contributed by atoms with Gasteiger partial charge in [0.1, 0.15) is 11.5 Å². The van der Waals surface area contributed by atoms with Crippen LogP contribution >= 0.6 is 11.8 Å². The molecule has 96 valence electrons. The minimum Gasteiger partial charge on any atom is -0.464 e. The average Bonchev–Trinajstić information content (AvgIpc) is 2.76. The first kappa shape index (κ1) is 13.9. The zero-order valence-corrected chi connectivity index (χ0v) is 11.0. The van der Waals surface area contributed by atoms with Gasteiger partial charge in [-0.25, -0.2) is 4.79 Å². The summed E-state index contributed by atoms with van der Waals surface area (Å²) in [6, 6.07) is 3.83. The maximum atomic E-state index is 10.9. The number of urea groups is 1. The third-order valence-electron chi connectivity index (χ3n) is 2.07. The molecule has 0 bridgehead atoms. The van der Waals surface area contributed by atoms with Crippen LogP contribution in [0.1, 0.15) is 11.5 Å². The van der Waals surface area contributed by atoms with Crippen molar-refractivity contribution in [2.75, 3.05) is 26.4 Å². The van der Waals surface area contributed by atoms with Gasteiger partial charge in [0.15, 0.2) is 0 Å². The zero-order valence-electron chi connectivity index (χ0n) is 10.2. The fourth-order valence-corrected chi connectivity index (χ4v) is 2.01. The van der Waals surface area contributed by atoms with Gasteiger partial charge in [0, 0.05) is 19.3 Å². The van der Waals surface area contributed by atoms with Gasteiger partial charge in [0.25, 0.3) is 0 Å². The summed E-state index contributed by atoms with van der Waals surface area (Å²) >= 11 is 1.73. The second-order valence-electron chi connectivity index (χ2n) is 3.46. The van der Waals surface area contributed by atoms with Crippen molar-refractivity contribution in [2.24, 2.45) is 0 Å². The van der Waals surface area contributed by atoms with Crippen LogP contribution in [0.5, 0.6) is 0 Å². The van der Waals surface area contributed by atoms with E-state index in [9.17, 15) is 4.79 Å². The molecule has 2 amide bonds. The smallest absolute Gasteiger partial charge is 0.314 e. The highest BCUT2D eigenvalue weighted by atomic mass is 32.2. The van der Waals surface area contributed by atoms with Crippen LogP contribution < -0.4 is 16.0 Å². The largest absolute Gasteiger partial charge is 0.464 e. The molecule has 0 aliphatic rings. The summed E-state index contributed by atoms with van der Waals surface area (Å²) in [6.45, 7) is 1.41. The van der Waals surface area contributed by atoms with Gasteiger partial charge in [-0.3, -0.25) is 0 Å². The van der Waals surface area contributed by atoms with E-state index < -0.39 is 0 Å². The molecule has 1 rings (SSSR count). The number of carbonyl (C=O) groups is 1. The number of amides is 2. The minimum absolute atomic E-state index is 0.139. The SMILES string of the molecule is CNCc1ccc(CSCCNC(=O)NC)o1. The van der Waals surface area contributed by atoms with Gasteiger partial charge in [-0.05, 0) is 19.2 Å². The molecule has 0 saturated heterocycles. The number of hydrogen-bond donors (Lipinski definition) is 3. The van der Waals surface area contributed by atoms with E-state index in [1.54, 1.807) is 18.8 Å². The standard InChI is InChI=1S/C11H19N3O2S/c1-12-7-9-3-4-10(16-9)8-17-6-5-14-11(15)13-2/h3-4,12H,5-8H2,1-2H3,(H2,13,14,15). The molecule has 0 spiro atoms. The van der Waals surface area contributed by atoms with Crippen LogP contribution in [0.2, 0.25) is 0 Å². The van der Waals surface area contributed by atoms with Crippen LogP contribution in [0.4, 0.5) is 4.79 Å². The molecule has 5 nitrogen and oxygen atoms in total. The van der Waals surface area contributed by atoms with Gasteiger partial charge in [-0.15, -0.1) is 0 Å². The highest BCUT2D eigenvalue weighted by Gasteiger charge is 2.01. The number of nitrogens with one attached hydrogen (secondary N) is 3. The molecule has 0 aliphatic heterocycles. The molecular weight excluding hydrogens is 238 g/mol. The van der Waals surface area contributed by atoms with Crippen molar-refractivity contribution in [3.05, 3.63) is 23.7 Å². The minimum atomic E-state index is -0.139. The highest BCUT2D eigenvalue weighted by molar-refractivity contribution is 7.98. The number of furan rings is 1. The number of thioether (sulfide) groups is 1. The maximum absolute atomic E-state index is 10.9. The zero-order chi connectivity index (χ0) is 12.5. The lowest BCUT2D eigenvalue weighted by Gasteiger charge is -2.03. The average molecular weight is 257 g/mol. The molecule has 1 aromatic heterocycles. The first-order chi connectivity index (χ1) is 8.26. The molecule has 0 aliphatic carbocycles. The third-order valence-corrected chi connectivity index (χ3v) is 3.05. The van der Waals surface area contributed by atoms with Crippen molar-refractivity contribution in [1.29, 1.82) is 0 Å². The van der Waals surface area contributed by atoms with Gasteiger partial charge in [0.2, 0.25) is 0 Å². The first-order valence-electron chi connectivity index (χ1n) is 5.51. The number of carbonyl (C=O) groups excluding carboxylic acids is 1. The van der Waals surface area contributed by atoms with Crippen molar-refractivity contribution in [1.82, 2.24) is 16.0 Å². The normalized spacial score (nSPS) is 10.2. The lowest BCUT2D eigenvalue weighted by Crippen LogP contribution is -2.34. The van der Waals surface area contributed by atoms with Crippen molar-refractivity contribution >= 4 is 17.8 Å². The van der Waals surface area contributed by atoms with E-state index in [0.29, 0.717) is 6.54 Å². The van der Waals surface area contributed by atoms with Gasteiger partial charge < -0.3 is 20.4 Å². The Kier molecular flexibility index (Phi) is 6.57. The summed E-state index contributed by atoms with van der Waals surface area (Å²) in [7, 11) is 3.50. The Morgan fingerprint density at radius 2 is 2.12 bits per heavy atom. The molecule has 1 aromatic rings. The quantitative estimate of drug-likeness (QED) is 0.641. The molecule has 1 heterocycles. The molecule has 3 N–H and O–H groups in total. The number of rotatable bonds is 7. The summed E-state index contributed by atoms with van der Waals surface area (Å²) in [4.78, 5) is 10.9. The molecule has 6 heteroatoms. The van der Waals surface area contributed by atoms with Gasteiger partial charge in [0.05, 0.1) is 12.3 Å². The Balaban J connectivity index is 2.11. The lowest BCUT2D eigenvalue weighted by atomic mass is 10.4. The van der Waals surface area contributed by atoms with Gasteiger partial charge in [-0.2, -0.15) is 11.8 Å². The Hall–Kier alpha value is -1.14. The summed E-state index contributed by atoms with van der Waals surface area (Å²) in [5.41, 5.74) is 0. The molecule has 17 heavy (non-hydrogen) atoms. The van der Waals surface area contributed by atoms with E-state index in [0.717, 1.165) is 29.6 Å². The van der Waals surface area contributed by atoms with E-state index >= 15 is 0 Å². The summed E-state index contributed by atoms with van der Waals surface area (Å²) in [5.74, 6) is 3.63. The monoisotopic (exact) mass is 257 g/mol. The molecular formula is C11H19N3O2S. The Bertz CT molecular complexity index is 341. The summed E-state index contributed by atoms with van der Waals surface area (Å²) in [6.07, 6.45) is 0. The first-order valence-corrected chi connectivity index (χ1v) is 6.67. The van der Waals surface area contributed by atoms with Crippen LogP contribution in [0, 0.1) is 0 Å². The maximum Gasteiger partial charge on any atom is 0.314 e. The molecule has 0 atom stereocenters. The summed E-state index contributed by atoms with van der Waals surface area (Å²) < 4.78 is 5.59. The number of hydrogen-bond acceptors (Lipinski definition) is 4. The van der Waals surface area contributed by atoms with Crippen molar-refractivity contribution in [3.8, 4) is 0 Å². The second kappa shape index (κ2) is 8.03. The van der Waals surface area contributed by atoms with E-state index in [2.05, 4.69) is 16.0 Å². The molecule has 0 radical (unpaired) electrons. The van der Waals surface area contributed by atoms with Crippen LogP contribution in [0.15, 0.2) is 16.5 Å². The van der Waals surface area contributed by atoms with Crippen LogP contribution in [0.3, 0.4) is 0 Å². The predicted octanol–water partition coefficient (Wildman–Crippen LogP) is 1.16. The third kappa shape index (κ3) is 5.65. The van der Waals surface area contributed by atoms with Crippen LogP contribution in [-0.4, -0.2) is 32.4 Å². The van der Waals surface area contributed by atoms with Crippen LogP contribution in [0.25, 0.3) is 0 Å². The van der Waals surface area contributed by atoms with Gasteiger partial charge in [-0.1, -0.05) is 0 Å². The highest BCUT2D eigenvalue weighted by Crippen LogP contribution is 2.14. The van der Waals surface area contributed by atoms with Crippen molar-refractivity contribution < 1.29 is 9.21 Å². The Labute approximate surface area is 106 Å². The fraction of sp³-hybridized carbons (Fsp3) is 0.545. The fourth-order valence-electron chi connectivity index (χ4n) is 1.27. The van der Waals surface area contributed by atoms with E-state index in [1.165, 1.54) is 0 Å². The topological polar surface area (TPSA) is 66.3 Å². The molecule has 0 aromatic carbocycles. The van der Waals surface area contributed by atoms with Crippen molar-refractivity contribution in [2.45, 2.75) is 12.3 Å². The lowest BCUT2D eigenvalue weighted by molar-refractivity contribution is 0.243. The summed E-state index contributed by atoms with van der Waals surface area (Å²) in [5, 5.41) is 8.28. The molecule has 0 unspecified atom stereocenters. The Morgan fingerprint density at radius 1 is 1.35 bits per heavy atom. The molecule has 0 saturated carbocycles.